The van der Waals surface area contributed by atoms with Crippen molar-refractivity contribution in [3.05, 3.63) is 77.9 Å². The van der Waals surface area contributed by atoms with Crippen molar-refractivity contribution in [1.29, 1.82) is 0 Å². The van der Waals surface area contributed by atoms with E-state index < -0.39 is 32.5 Å². The standard InChI is InChI=1S/C20H14F3O2S2/c1-13-10-14(20(21,22)23)12-15(11-13)26-16-6-2-4-8-18(16)27(24,25)19-9-5-3-7-17(19)26/h2-12H,1H3/q+1. The molecule has 27 heavy (non-hydrogen) atoms. The number of hydrogen-bond donors (Lipinski definition) is 0. The number of benzene rings is 3. The number of rotatable bonds is 1. The lowest BCUT2D eigenvalue weighted by Gasteiger charge is -2.20. The van der Waals surface area contributed by atoms with Gasteiger partial charge in [0, 0.05) is 6.07 Å². The Morgan fingerprint density at radius 3 is 1.85 bits per heavy atom. The summed E-state index contributed by atoms with van der Waals surface area (Å²) in [7, 11) is -4.65. The molecule has 1 heterocycles. The van der Waals surface area contributed by atoms with E-state index in [1.165, 1.54) is 12.1 Å². The van der Waals surface area contributed by atoms with Crippen LogP contribution in [0.4, 0.5) is 13.2 Å². The Morgan fingerprint density at radius 2 is 1.33 bits per heavy atom. The lowest BCUT2D eigenvalue weighted by molar-refractivity contribution is -0.137. The minimum atomic E-state index is -4.47. The van der Waals surface area contributed by atoms with Crippen molar-refractivity contribution in [3.8, 4) is 0 Å². The van der Waals surface area contributed by atoms with E-state index in [0.29, 0.717) is 20.2 Å². The Hall–Kier alpha value is -2.25. The molecule has 0 fully saturated rings. The Morgan fingerprint density at radius 1 is 0.815 bits per heavy atom. The quantitative estimate of drug-likeness (QED) is 0.404. The molecule has 0 saturated heterocycles. The van der Waals surface area contributed by atoms with Crippen LogP contribution in [0.2, 0.25) is 0 Å². The zero-order valence-electron chi connectivity index (χ0n) is 14.1. The Balaban J connectivity index is 2.05. The van der Waals surface area contributed by atoms with E-state index >= 15 is 0 Å². The molecular weight excluding hydrogens is 393 g/mol. The third kappa shape index (κ3) is 2.95. The van der Waals surface area contributed by atoms with Gasteiger partial charge in [0.2, 0.25) is 9.84 Å². The SMILES string of the molecule is Cc1cc([S+]2c3ccccc3S(=O)(=O)c3ccccc32)cc(C(F)(F)F)c1. The average Bonchev–Trinajstić information content (AvgIpc) is 2.61. The molecule has 1 aliphatic heterocycles. The monoisotopic (exact) mass is 407 g/mol. The summed E-state index contributed by atoms with van der Waals surface area (Å²) in [5.41, 5.74) is -0.246. The summed E-state index contributed by atoms with van der Waals surface area (Å²) >= 11 is 0. The Kier molecular flexibility index (Phi) is 4.12. The fraction of sp³-hybridized carbons (Fsp3) is 0.100. The van der Waals surface area contributed by atoms with Gasteiger partial charge in [-0.1, -0.05) is 24.3 Å². The Bertz CT molecular complexity index is 1100. The molecule has 0 saturated carbocycles. The van der Waals surface area contributed by atoms with Crippen LogP contribution < -0.4 is 0 Å². The van der Waals surface area contributed by atoms with Crippen LogP contribution in [0.25, 0.3) is 0 Å². The van der Waals surface area contributed by atoms with Gasteiger partial charge in [0.15, 0.2) is 14.7 Å². The lowest BCUT2D eigenvalue weighted by atomic mass is 10.1. The lowest BCUT2D eigenvalue weighted by Crippen LogP contribution is -2.20. The van der Waals surface area contributed by atoms with E-state index in [2.05, 4.69) is 0 Å². The van der Waals surface area contributed by atoms with Gasteiger partial charge in [-0.15, -0.1) is 0 Å². The van der Waals surface area contributed by atoms with Crippen molar-refractivity contribution in [2.45, 2.75) is 37.6 Å². The first-order valence-electron chi connectivity index (χ1n) is 8.06. The van der Waals surface area contributed by atoms with Crippen LogP contribution in [0.1, 0.15) is 11.1 Å². The van der Waals surface area contributed by atoms with Crippen LogP contribution in [0.15, 0.2) is 91.2 Å². The first-order valence-corrected chi connectivity index (χ1v) is 10.8. The number of alkyl halides is 3. The minimum absolute atomic E-state index is 0.155. The van der Waals surface area contributed by atoms with Gasteiger partial charge in [0.25, 0.3) is 0 Å². The molecule has 0 radical (unpaired) electrons. The largest absolute Gasteiger partial charge is 0.416 e. The normalized spacial score (nSPS) is 15.9. The van der Waals surface area contributed by atoms with E-state index in [4.69, 9.17) is 0 Å². The average molecular weight is 407 g/mol. The summed E-state index contributed by atoms with van der Waals surface area (Å²) in [5, 5.41) is 0. The Labute approximate surface area is 157 Å². The number of hydrogen-bond acceptors (Lipinski definition) is 2. The van der Waals surface area contributed by atoms with Crippen molar-refractivity contribution in [2.75, 3.05) is 0 Å². The third-order valence-electron chi connectivity index (χ3n) is 4.33. The van der Waals surface area contributed by atoms with Gasteiger partial charge in [0.05, 0.1) is 5.56 Å². The van der Waals surface area contributed by atoms with Crippen LogP contribution in [0.3, 0.4) is 0 Å². The smallest absolute Gasteiger partial charge is 0.218 e. The van der Waals surface area contributed by atoms with E-state index in [9.17, 15) is 21.6 Å². The molecule has 7 heteroatoms. The highest BCUT2D eigenvalue weighted by Crippen LogP contribution is 2.45. The molecule has 4 rings (SSSR count). The van der Waals surface area contributed by atoms with Crippen molar-refractivity contribution in [2.24, 2.45) is 0 Å². The van der Waals surface area contributed by atoms with Gasteiger partial charge in [-0.3, -0.25) is 0 Å². The summed E-state index contributed by atoms with van der Waals surface area (Å²) in [5.74, 6) is 0. The maximum Gasteiger partial charge on any atom is 0.416 e. The molecule has 3 aromatic rings. The number of sulfone groups is 1. The van der Waals surface area contributed by atoms with E-state index in [0.717, 1.165) is 12.1 Å². The second kappa shape index (κ2) is 6.14. The van der Waals surface area contributed by atoms with Crippen LogP contribution in [0.5, 0.6) is 0 Å². The van der Waals surface area contributed by atoms with Crippen LogP contribution >= 0.6 is 0 Å². The maximum absolute atomic E-state index is 13.3. The summed E-state index contributed by atoms with van der Waals surface area (Å²) in [6.45, 7) is 1.61. The summed E-state index contributed by atoms with van der Waals surface area (Å²) in [4.78, 5) is 1.81. The molecular formula is C20H14F3O2S2+. The predicted molar refractivity (Wildman–Crippen MR) is 96.7 cm³/mol. The number of fused-ring (bicyclic) bond motifs is 2. The van der Waals surface area contributed by atoms with Crippen molar-refractivity contribution in [3.63, 3.8) is 0 Å². The van der Waals surface area contributed by atoms with Crippen LogP contribution in [-0.2, 0) is 26.9 Å². The van der Waals surface area contributed by atoms with Gasteiger partial charge in [-0.05, 0) is 48.9 Å². The van der Waals surface area contributed by atoms with Crippen molar-refractivity contribution >= 4 is 20.7 Å². The summed E-state index contributed by atoms with van der Waals surface area (Å²) in [6.07, 6.45) is -4.47. The number of aryl methyl sites for hydroxylation is 1. The minimum Gasteiger partial charge on any atom is -0.218 e. The molecule has 3 aromatic carbocycles. The van der Waals surface area contributed by atoms with E-state index in [1.54, 1.807) is 49.4 Å². The second-order valence-corrected chi connectivity index (χ2v) is 10.1. The molecule has 0 bridgehead atoms. The second-order valence-electron chi connectivity index (χ2n) is 6.24. The molecule has 0 unspecified atom stereocenters. The molecule has 0 aromatic heterocycles. The van der Waals surface area contributed by atoms with Gasteiger partial charge in [-0.2, -0.15) is 13.2 Å². The summed E-state index contributed by atoms with van der Waals surface area (Å²) in [6, 6.07) is 17.0. The highest BCUT2D eigenvalue weighted by Gasteiger charge is 2.45. The molecule has 0 amide bonds. The first-order chi connectivity index (χ1) is 12.7. The maximum atomic E-state index is 13.3. The zero-order chi connectivity index (χ0) is 19.4. The van der Waals surface area contributed by atoms with Gasteiger partial charge in [0.1, 0.15) is 20.7 Å². The van der Waals surface area contributed by atoms with Crippen molar-refractivity contribution < 1.29 is 21.6 Å². The van der Waals surface area contributed by atoms with Gasteiger partial charge < -0.3 is 0 Å². The molecule has 2 nitrogen and oxygen atoms in total. The molecule has 0 N–H and O–H groups in total. The fourth-order valence-corrected chi connectivity index (χ4v) is 8.04. The molecule has 1 aliphatic rings. The van der Waals surface area contributed by atoms with Gasteiger partial charge >= 0.3 is 6.18 Å². The van der Waals surface area contributed by atoms with Crippen molar-refractivity contribution in [1.82, 2.24) is 0 Å². The highest BCUT2D eigenvalue weighted by molar-refractivity contribution is 8.00. The van der Waals surface area contributed by atoms with Crippen LogP contribution in [-0.4, -0.2) is 8.42 Å². The van der Waals surface area contributed by atoms with E-state index in [1.807, 2.05) is 0 Å². The predicted octanol–water partition coefficient (Wildman–Crippen LogP) is 5.26. The highest BCUT2D eigenvalue weighted by atomic mass is 32.2. The van der Waals surface area contributed by atoms with Gasteiger partial charge in [-0.25, -0.2) is 8.42 Å². The molecule has 0 atom stereocenters. The first kappa shape index (κ1) is 18.1. The van der Waals surface area contributed by atoms with E-state index in [-0.39, 0.29) is 9.79 Å². The third-order valence-corrected chi connectivity index (χ3v) is 8.76. The molecule has 0 spiro atoms. The van der Waals surface area contributed by atoms with Crippen LogP contribution in [0, 0.1) is 6.92 Å². The topological polar surface area (TPSA) is 34.1 Å². The number of halogens is 3. The zero-order valence-corrected chi connectivity index (χ0v) is 15.8. The summed E-state index contributed by atoms with van der Waals surface area (Å²) < 4.78 is 66.0. The molecule has 138 valence electrons. The fourth-order valence-electron chi connectivity index (χ4n) is 3.20. The molecule has 0 aliphatic carbocycles.